The number of hydrogen-bond donors (Lipinski definition) is 1. The SMILES string of the molecule is O=C(c1scnc1C1CC1)N1CCNCC1C(F)F. The summed E-state index contributed by atoms with van der Waals surface area (Å²) >= 11 is 1.27. The Hall–Kier alpha value is -1.08. The van der Waals surface area contributed by atoms with Crippen LogP contribution in [0.15, 0.2) is 5.51 Å². The first-order chi connectivity index (χ1) is 9.18. The maximum atomic E-state index is 13.0. The van der Waals surface area contributed by atoms with Crippen molar-refractivity contribution < 1.29 is 13.6 Å². The van der Waals surface area contributed by atoms with E-state index in [2.05, 4.69) is 10.3 Å². The minimum atomic E-state index is -2.52. The Morgan fingerprint density at radius 1 is 1.53 bits per heavy atom. The number of nitrogens with one attached hydrogen (secondary N) is 1. The van der Waals surface area contributed by atoms with Crippen molar-refractivity contribution in [1.82, 2.24) is 15.2 Å². The minimum absolute atomic E-state index is 0.154. The minimum Gasteiger partial charge on any atom is -0.327 e. The average Bonchev–Trinajstić information content (AvgIpc) is 3.15. The van der Waals surface area contributed by atoms with Gasteiger partial charge in [0.1, 0.15) is 10.9 Å². The lowest BCUT2D eigenvalue weighted by atomic mass is 10.1. The van der Waals surface area contributed by atoms with Crippen molar-refractivity contribution in [3.63, 3.8) is 0 Å². The number of piperazine rings is 1. The molecule has 104 valence electrons. The van der Waals surface area contributed by atoms with Crippen LogP contribution in [-0.2, 0) is 0 Å². The van der Waals surface area contributed by atoms with Gasteiger partial charge in [0, 0.05) is 25.6 Å². The van der Waals surface area contributed by atoms with E-state index in [1.807, 2.05) is 0 Å². The van der Waals surface area contributed by atoms with Crippen LogP contribution in [0.5, 0.6) is 0 Å². The number of nitrogens with zero attached hydrogens (tertiary/aromatic N) is 2. The third kappa shape index (κ3) is 2.49. The number of amides is 1. The van der Waals surface area contributed by atoms with Crippen molar-refractivity contribution in [3.05, 3.63) is 16.1 Å². The summed E-state index contributed by atoms with van der Waals surface area (Å²) in [7, 11) is 0. The quantitative estimate of drug-likeness (QED) is 0.920. The fourth-order valence-electron chi connectivity index (χ4n) is 2.40. The standard InChI is InChI=1S/C12H15F2N3OS/c13-11(14)8-5-15-3-4-17(8)12(18)10-9(7-1-2-7)16-6-19-10/h6-8,11,15H,1-5H2. The van der Waals surface area contributed by atoms with E-state index in [4.69, 9.17) is 0 Å². The zero-order valence-corrected chi connectivity index (χ0v) is 11.1. The van der Waals surface area contributed by atoms with Crippen LogP contribution in [0.4, 0.5) is 8.78 Å². The molecule has 4 nitrogen and oxygen atoms in total. The number of carbonyl (C=O) groups excluding carboxylic acids is 1. The Labute approximate surface area is 113 Å². The third-order valence-electron chi connectivity index (χ3n) is 3.59. The largest absolute Gasteiger partial charge is 0.327 e. The van der Waals surface area contributed by atoms with Gasteiger partial charge in [-0.2, -0.15) is 0 Å². The molecule has 1 aromatic heterocycles. The van der Waals surface area contributed by atoms with Crippen molar-refractivity contribution in [2.24, 2.45) is 0 Å². The fourth-order valence-corrected chi connectivity index (χ4v) is 3.23. The van der Waals surface area contributed by atoms with Gasteiger partial charge in [0.15, 0.2) is 0 Å². The molecule has 1 saturated carbocycles. The van der Waals surface area contributed by atoms with Crippen LogP contribution in [0.1, 0.15) is 34.1 Å². The smallest absolute Gasteiger partial charge is 0.266 e. The van der Waals surface area contributed by atoms with E-state index in [1.54, 1.807) is 5.51 Å². The molecule has 1 aliphatic carbocycles. The maximum absolute atomic E-state index is 13.0. The van der Waals surface area contributed by atoms with E-state index in [9.17, 15) is 13.6 Å². The summed E-state index contributed by atoms with van der Waals surface area (Å²) in [5, 5.41) is 2.91. The van der Waals surface area contributed by atoms with Crippen LogP contribution >= 0.6 is 11.3 Å². The average molecular weight is 287 g/mol. The molecule has 1 aliphatic heterocycles. The summed E-state index contributed by atoms with van der Waals surface area (Å²) in [5.41, 5.74) is 2.45. The monoisotopic (exact) mass is 287 g/mol. The van der Waals surface area contributed by atoms with Gasteiger partial charge in [0.05, 0.1) is 11.2 Å². The lowest BCUT2D eigenvalue weighted by Gasteiger charge is -2.35. The molecule has 2 heterocycles. The molecule has 0 bridgehead atoms. The van der Waals surface area contributed by atoms with E-state index < -0.39 is 12.5 Å². The van der Waals surface area contributed by atoms with E-state index in [0.29, 0.717) is 23.9 Å². The molecule has 2 fully saturated rings. The number of hydrogen-bond acceptors (Lipinski definition) is 4. The molecule has 0 radical (unpaired) electrons. The Balaban J connectivity index is 1.83. The molecule has 1 saturated heterocycles. The van der Waals surface area contributed by atoms with E-state index in [1.165, 1.54) is 16.2 Å². The first kappa shape index (κ1) is 12.9. The highest BCUT2D eigenvalue weighted by Gasteiger charge is 2.37. The van der Waals surface area contributed by atoms with Crippen LogP contribution < -0.4 is 5.32 Å². The van der Waals surface area contributed by atoms with Crippen molar-refractivity contribution in [2.75, 3.05) is 19.6 Å². The van der Waals surface area contributed by atoms with Gasteiger partial charge in [-0.25, -0.2) is 13.8 Å². The van der Waals surface area contributed by atoms with Crippen LogP contribution in [0.2, 0.25) is 0 Å². The van der Waals surface area contributed by atoms with Gasteiger partial charge < -0.3 is 10.2 Å². The Kier molecular flexibility index (Phi) is 3.49. The molecular formula is C12H15F2N3OS. The first-order valence-electron chi connectivity index (χ1n) is 6.41. The number of thiazole rings is 1. The van der Waals surface area contributed by atoms with Gasteiger partial charge in [-0.3, -0.25) is 4.79 Å². The highest BCUT2D eigenvalue weighted by atomic mass is 32.1. The van der Waals surface area contributed by atoms with Crippen molar-refractivity contribution >= 4 is 17.2 Å². The molecule has 1 aromatic rings. The Morgan fingerprint density at radius 3 is 3.00 bits per heavy atom. The second-order valence-corrected chi connectivity index (χ2v) is 5.80. The highest BCUT2D eigenvalue weighted by Crippen LogP contribution is 2.42. The van der Waals surface area contributed by atoms with Crippen LogP contribution in [0, 0.1) is 0 Å². The van der Waals surface area contributed by atoms with Crippen molar-refractivity contribution in [1.29, 1.82) is 0 Å². The van der Waals surface area contributed by atoms with Crippen LogP contribution in [0.25, 0.3) is 0 Å². The van der Waals surface area contributed by atoms with Gasteiger partial charge in [-0.1, -0.05) is 0 Å². The summed E-state index contributed by atoms with van der Waals surface area (Å²) in [5.74, 6) is 0.0781. The first-order valence-corrected chi connectivity index (χ1v) is 7.29. The Bertz CT molecular complexity index is 475. The van der Waals surface area contributed by atoms with E-state index >= 15 is 0 Å². The number of aromatic nitrogens is 1. The summed E-state index contributed by atoms with van der Waals surface area (Å²) in [4.78, 5) is 18.6. The summed E-state index contributed by atoms with van der Waals surface area (Å²) < 4.78 is 26.0. The summed E-state index contributed by atoms with van der Waals surface area (Å²) in [6.07, 6.45) is -0.428. The molecule has 7 heteroatoms. The van der Waals surface area contributed by atoms with Crippen LogP contribution in [-0.4, -0.2) is 47.9 Å². The van der Waals surface area contributed by atoms with Crippen molar-refractivity contribution in [3.8, 4) is 0 Å². The number of alkyl halides is 2. The van der Waals surface area contributed by atoms with Gasteiger partial charge >= 0.3 is 0 Å². The van der Waals surface area contributed by atoms with Crippen molar-refractivity contribution in [2.45, 2.75) is 31.2 Å². The molecule has 19 heavy (non-hydrogen) atoms. The zero-order chi connectivity index (χ0) is 13.4. The molecule has 3 rings (SSSR count). The topological polar surface area (TPSA) is 45.2 Å². The molecule has 1 amide bonds. The van der Waals surface area contributed by atoms with Gasteiger partial charge in [-0.05, 0) is 12.8 Å². The molecule has 0 aromatic carbocycles. The highest BCUT2D eigenvalue weighted by molar-refractivity contribution is 7.11. The van der Waals surface area contributed by atoms with Gasteiger partial charge in [-0.15, -0.1) is 11.3 Å². The predicted molar refractivity (Wildman–Crippen MR) is 67.8 cm³/mol. The molecular weight excluding hydrogens is 272 g/mol. The lowest BCUT2D eigenvalue weighted by Crippen LogP contribution is -2.56. The van der Waals surface area contributed by atoms with Crippen LogP contribution in [0.3, 0.4) is 0 Å². The summed E-state index contributed by atoms with van der Waals surface area (Å²) in [6.45, 7) is 1.04. The molecule has 1 unspecified atom stereocenters. The molecule has 1 atom stereocenters. The Morgan fingerprint density at radius 2 is 2.32 bits per heavy atom. The van der Waals surface area contributed by atoms with E-state index in [0.717, 1.165) is 18.5 Å². The second-order valence-electron chi connectivity index (χ2n) is 4.95. The molecule has 1 N–H and O–H groups in total. The normalized spacial score (nSPS) is 23.9. The van der Waals surface area contributed by atoms with E-state index in [-0.39, 0.29) is 12.5 Å². The van der Waals surface area contributed by atoms with Gasteiger partial charge in [0.25, 0.3) is 12.3 Å². The predicted octanol–water partition coefficient (Wildman–Crippen LogP) is 1.70. The molecule has 0 spiro atoms. The number of halogens is 2. The number of carbonyl (C=O) groups is 1. The second kappa shape index (κ2) is 5.13. The zero-order valence-electron chi connectivity index (χ0n) is 10.3. The summed E-state index contributed by atoms with van der Waals surface area (Å²) in [6, 6.07) is -1.03. The lowest BCUT2D eigenvalue weighted by molar-refractivity contribution is 0.0128. The number of rotatable bonds is 3. The maximum Gasteiger partial charge on any atom is 0.266 e. The van der Waals surface area contributed by atoms with Gasteiger partial charge in [0.2, 0.25) is 0 Å². The third-order valence-corrected chi connectivity index (χ3v) is 4.42. The molecule has 2 aliphatic rings. The fraction of sp³-hybridized carbons (Fsp3) is 0.667.